The molecular formula is C25H34F2N4O2. The van der Waals surface area contributed by atoms with Gasteiger partial charge in [-0.25, -0.2) is 13.6 Å². The van der Waals surface area contributed by atoms with E-state index in [2.05, 4.69) is 10.2 Å². The molecule has 180 valence electrons. The summed E-state index contributed by atoms with van der Waals surface area (Å²) in [6.45, 7) is 4.08. The molecule has 2 aromatic rings. The quantitative estimate of drug-likeness (QED) is 0.620. The van der Waals surface area contributed by atoms with E-state index in [9.17, 15) is 13.6 Å². The van der Waals surface area contributed by atoms with Crippen molar-refractivity contribution < 1.29 is 18.3 Å². The van der Waals surface area contributed by atoms with Crippen LogP contribution in [0.4, 0.5) is 13.6 Å². The largest absolute Gasteiger partial charge is 0.494 e. The number of amides is 2. The van der Waals surface area contributed by atoms with Gasteiger partial charge in [-0.2, -0.15) is 0 Å². The van der Waals surface area contributed by atoms with Crippen LogP contribution in [0.1, 0.15) is 24.0 Å². The lowest BCUT2D eigenvalue weighted by Crippen LogP contribution is -2.50. The molecule has 0 aliphatic carbocycles. The molecule has 33 heavy (non-hydrogen) atoms. The third kappa shape index (κ3) is 7.68. The lowest BCUT2D eigenvalue weighted by atomic mass is 10.0. The standard InChI is InChI=1S/C25H34F2N4O2/c1-29(2)14-15-31(18-19-4-7-21(26)8-5-19)25(32)28-22-10-12-30(13-11-22)17-20-6-9-24(33-3)23(27)16-20/h4-9,16,22H,10-15,17-18H2,1-3H3,(H,28,32). The van der Waals surface area contributed by atoms with Crippen LogP contribution >= 0.6 is 0 Å². The molecule has 6 nitrogen and oxygen atoms in total. The van der Waals surface area contributed by atoms with Crippen LogP contribution in [0.2, 0.25) is 0 Å². The molecule has 1 N–H and O–H groups in total. The summed E-state index contributed by atoms with van der Waals surface area (Å²) in [7, 11) is 5.40. The van der Waals surface area contributed by atoms with E-state index in [1.807, 2.05) is 25.1 Å². The van der Waals surface area contributed by atoms with Crippen molar-refractivity contribution in [3.05, 3.63) is 65.2 Å². The number of benzene rings is 2. The third-order valence-electron chi connectivity index (χ3n) is 5.93. The van der Waals surface area contributed by atoms with E-state index in [1.165, 1.54) is 25.3 Å². The molecule has 0 unspecified atom stereocenters. The van der Waals surface area contributed by atoms with Gasteiger partial charge in [0.2, 0.25) is 0 Å². The Kier molecular flexibility index (Phi) is 9.03. The van der Waals surface area contributed by atoms with Gasteiger partial charge in [0, 0.05) is 45.3 Å². The zero-order valence-electron chi connectivity index (χ0n) is 19.7. The molecule has 3 rings (SSSR count). The smallest absolute Gasteiger partial charge is 0.317 e. The van der Waals surface area contributed by atoms with Crippen LogP contribution in [0.25, 0.3) is 0 Å². The van der Waals surface area contributed by atoms with Crippen molar-refractivity contribution in [1.29, 1.82) is 0 Å². The van der Waals surface area contributed by atoms with Crippen molar-refractivity contribution >= 4 is 6.03 Å². The van der Waals surface area contributed by atoms with E-state index in [0.717, 1.165) is 43.6 Å². The number of rotatable bonds is 9. The fraction of sp³-hybridized carbons (Fsp3) is 0.480. The van der Waals surface area contributed by atoms with Gasteiger partial charge in [-0.05, 0) is 62.3 Å². The Morgan fingerprint density at radius 3 is 2.33 bits per heavy atom. The van der Waals surface area contributed by atoms with Gasteiger partial charge in [0.05, 0.1) is 7.11 Å². The topological polar surface area (TPSA) is 48.1 Å². The number of methoxy groups -OCH3 is 1. The first-order valence-corrected chi connectivity index (χ1v) is 11.3. The van der Waals surface area contributed by atoms with Crippen LogP contribution in [0.5, 0.6) is 5.75 Å². The van der Waals surface area contributed by atoms with Gasteiger partial charge in [0.25, 0.3) is 0 Å². The Labute approximate surface area is 195 Å². The predicted molar refractivity (Wildman–Crippen MR) is 125 cm³/mol. The third-order valence-corrected chi connectivity index (χ3v) is 5.93. The highest BCUT2D eigenvalue weighted by Gasteiger charge is 2.23. The number of piperidine rings is 1. The van der Waals surface area contributed by atoms with Crippen LogP contribution in [0.3, 0.4) is 0 Å². The number of likely N-dealkylation sites (N-methyl/N-ethyl adjacent to an activating group) is 1. The van der Waals surface area contributed by atoms with E-state index in [1.54, 1.807) is 23.1 Å². The lowest BCUT2D eigenvalue weighted by Gasteiger charge is -2.34. The Morgan fingerprint density at radius 1 is 1.06 bits per heavy atom. The van der Waals surface area contributed by atoms with Gasteiger partial charge < -0.3 is 19.9 Å². The minimum Gasteiger partial charge on any atom is -0.494 e. The fourth-order valence-corrected chi connectivity index (χ4v) is 3.95. The number of carbonyl (C=O) groups excluding carboxylic acids is 1. The number of urea groups is 1. The summed E-state index contributed by atoms with van der Waals surface area (Å²) in [6, 6.07) is 11.3. The normalized spacial score (nSPS) is 15.0. The molecule has 2 aromatic carbocycles. The van der Waals surface area contributed by atoms with Crippen LogP contribution in [-0.2, 0) is 13.1 Å². The second kappa shape index (κ2) is 12.0. The van der Waals surface area contributed by atoms with Crippen LogP contribution in [0.15, 0.2) is 42.5 Å². The van der Waals surface area contributed by atoms with Crippen LogP contribution in [-0.4, -0.2) is 74.2 Å². The van der Waals surface area contributed by atoms with E-state index >= 15 is 0 Å². The SMILES string of the molecule is COc1ccc(CN2CCC(NC(=O)N(CCN(C)C)Cc3ccc(F)cc3)CC2)cc1F. The molecule has 1 aliphatic rings. The van der Waals surface area contributed by atoms with Gasteiger partial charge in [-0.15, -0.1) is 0 Å². The van der Waals surface area contributed by atoms with Crippen LogP contribution < -0.4 is 10.1 Å². The molecule has 0 aromatic heterocycles. The Bertz CT molecular complexity index is 900. The molecule has 0 spiro atoms. The van der Waals surface area contributed by atoms with E-state index in [-0.39, 0.29) is 29.5 Å². The number of nitrogens with one attached hydrogen (secondary N) is 1. The molecule has 0 atom stereocenters. The zero-order chi connectivity index (χ0) is 23.8. The number of hydrogen-bond donors (Lipinski definition) is 1. The number of hydrogen-bond acceptors (Lipinski definition) is 4. The van der Waals surface area contributed by atoms with Crippen molar-refractivity contribution in [3.63, 3.8) is 0 Å². The summed E-state index contributed by atoms with van der Waals surface area (Å²) >= 11 is 0. The first-order chi connectivity index (χ1) is 15.8. The first-order valence-electron chi connectivity index (χ1n) is 11.3. The number of ether oxygens (including phenoxy) is 1. The molecule has 2 amide bonds. The highest BCUT2D eigenvalue weighted by atomic mass is 19.1. The van der Waals surface area contributed by atoms with E-state index in [0.29, 0.717) is 19.6 Å². The Morgan fingerprint density at radius 2 is 1.73 bits per heavy atom. The van der Waals surface area contributed by atoms with Crippen molar-refractivity contribution in [2.75, 3.05) is 47.4 Å². The molecular weight excluding hydrogens is 426 g/mol. The van der Waals surface area contributed by atoms with E-state index in [4.69, 9.17) is 4.74 Å². The highest BCUT2D eigenvalue weighted by molar-refractivity contribution is 5.74. The molecule has 0 bridgehead atoms. The Balaban J connectivity index is 1.51. The number of carbonyl (C=O) groups is 1. The maximum atomic E-state index is 14.0. The van der Waals surface area contributed by atoms with Gasteiger partial charge in [-0.1, -0.05) is 18.2 Å². The minimum atomic E-state index is -0.351. The second-order valence-electron chi connectivity index (χ2n) is 8.82. The summed E-state index contributed by atoms with van der Waals surface area (Å²) in [4.78, 5) is 19.1. The Hall–Kier alpha value is -2.71. The monoisotopic (exact) mass is 460 g/mol. The van der Waals surface area contributed by atoms with Crippen molar-refractivity contribution in [1.82, 2.24) is 20.0 Å². The number of halogens is 2. The summed E-state index contributed by atoms with van der Waals surface area (Å²) in [5, 5.41) is 3.17. The number of likely N-dealkylation sites (tertiary alicyclic amines) is 1. The average molecular weight is 461 g/mol. The second-order valence-corrected chi connectivity index (χ2v) is 8.82. The summed E-state index contributed by atoms with van der Waals surface area (Å²) in [5.74, 6) is -0.386. The fourth-order valence-electron chi connectivity index (χ4n) is 3.95. The molecule has 0 radical (unpaired) electrons. The summed E-state index contributed by atoms with van der Waals surface area (Å²) < 4.78 is 32.2. The van der Waals surface area contributed by atoms with Crippen molar-refractivity contribution in [2.24, 2.45) is 0 Å². The average Bonchev–Trinajstić information content (AvgIpc) is 2.79. The van der Waals surface area contributed by atoms with E-state index < -0.39 is 0 Å². The zero-order valence-corrected chi connectivity index (χ0v) is 19.7. The molecule has 8 heteroatoms. The summed E-state index contributed by atoms with van der Waals surface area (Å²) in [6.07, 6.45) is 1.67. The molecule has 1 fully saturated rings. The molecule has 1 heterocycles. The molecule has 1 saturated heterocycles. The van der Waals surface area contributed by atoms with Crippen LogP contribution in [0, 0.1) is 11.6 Å². The maximum absolute atomic E-state index is 14.0. The number of nitrogens with zero attached hydrogens (tertiary/aromatic N) is 3. The highest BCUT2D eigenvalue weighted by Crippen LogP contribution is 2.20. The minimum absolute atomic E-state index is 0.0939. The van der Waals surface area contributed by atoms with Gasteiger partial charge in [-0.3, -0.25) is 4.90 Å². The van der Waals surface area contributed by atoms with Crippen molar-refractivity contribution in [3.8, 4) is 5.75 Å². The van der Waals surface area contributed by atoms with Crippen molar-refractivity contribution in [2.45, 2.75) is 32.0 Å². The predicted octanol–water partition coefficient (Wildman–Crippen LogP) is 3.71. The molecule has 0 saturated carbocycles. The maximum Gasteiger partial charge on any atom is 0.317 e. The summed E-state index contributed by atoms with van der Waals surface area (Å²) in [5.41, 5.74) is 1.80. The van der Waals surface area contributed by atoms with Gasteiger partial charge in [0.15, 0.2) is 11.6 Å². The lowest BCUT2D eigenvalue weighted by molar-refractivity contribution is 0.164. The van der Waals surface area contributed by atoms with Gasteiger partial charge in [0.1, 0.15) is 5.82 Å². The first kappa shape index (κ1) is 24.9. The van der Waals surface area contributed by atoms with Gasteiger partial charge >= 0.3 is 6.03 Å². The molecule has 1 aliphatic heterocycles.